The average Bonchev–Trinajstić information content (AvgIpc) is 2.74. The molecule has 0 unspecified atom stereocenters. The number of carbonyl (C=O) groups is 1. The van der Waals surface area contributed by atoms with Gasteiger partial charge in [0.1, 0.15) is 5.75 Å². The number of ketones is 1. The molecule has 94 valence electrons. The van der Waals surface area contributed by atoms with E-state index in [1.54, 1.807) is 18.4 Å². The largest absolute Gasteiger partial charge is 0.496 e. The average molecular weight is 325 g/mol. The van der Waals surface area contributed by atoms with Crippen LogP contribution >= 0.6 is 27.3 Å². The lowest BCUT2D eigenvalue weighted by Gasteiger charge is -2.06. The van der Waals surface area contributed by atoms with Crippen LogP contribution in [0.5, 0.6) is 5.75 Å². The van der Waals surface area contributed by atoms with E-state index in [9.17, 15) is 4.79 Å². The van der Waals surface area contributed by atoms with Gasteiger partial charge >= 0.3 is 0 Å². The van der Waals surface area contributed by atoms with E-state index in [1.165, 1.54) is 0 Å². The monoisotopic (exact) mass is 324 g/mol. The molecule has 1 aromatic carbocycles. The van der Waals surface area contributed by atoms with E-state index < -0.39 is 0 Å². The van der Waals surface area contributed by atoms with Gasteiger partial charge < -0.3 is 4.74 Å². The number of benzene rings is 1. The molecule has 2 nitrogen and oxygen atoms in total. The lowest BCUT2D eigenvalue weighted by Crippen LogP contribution is -2.03. The van der Waals surface area contributed by atoms with E-state index in [0.717, 1.165) is 25.5 Å². The van der Waals surface area contributed by atoms with E-state index in [0.29, 0.717) is 6.42 Å². The Morgan fingerprint density at radius 3 is 2.67 bits per heavy atom. The number of thiophene rings is 1. The molecule has 18 heavy (non-hydrogen) atoms. The Morgan fingerprint density at radius 2 is 2.11 bits per heavy atom. The first kappa shape index (κ1) is 13.3. The van der Waals surface area contributed by atoms with Crippen molar-refractivity contribution >= 4 is 33.0 Å². The van der Waals surface area contributed by atoms with Crippen LogP contribution in [0.15, 0.2) is 34.1 Å². The first-order valence-electron chi connectivity index (χ1n) is 5.52. The van der Waals surface area contributed by atoms with E-state index in [1.807, 2.05) is 37.3 Å². The van der Waals surface area contributed by atoms with Crippen molar-refractivity contribution in [1.82, 2.24) is 0 Å². The smallest absolute Gasteiger partial charge is 0.168 e. The molecule has 0 fully saturated rings. The van der Waals surface area contributed by atoms with Crippen molar-refractivity contribution in [2.24, 2.45) is 0 Å². The fourth-order valence-corrected chi connectivity index (χ4v) is 3.24. The van der Waals surface area contributed by atoms with Gasteiger partial charge in [0, 0.05) is 16.9 Å². The van der Waals surface area contributed by atoms with Gasteiger partial charge in [0.05, 0.1) is 10.9 Å². The Hall–Kier alpha value is -1.13. The van der Waals surface area contributed by atoms with Crippen LogP contribution in [0, 0.1) is 6.92 Å². The predicted molar refractivity (Wildman–Crippen MR) is 77.8 cm³/mol. The highest BCUT2D eigenvalue weighted by Crippen LogP contribution is 2.24. The van der Waals surface area contributed by atoms with Crippen LogP contribution in [-0.4, -0.2) is 12.9 Å². The number of methoxy groups -OCH3 is 1. The molecule has 0 radical (unpaired) electrons. The molecule has 2 rings (SSSR count). The summed E-state index contributed by atoms with van der Waals surface area (Å²) in [5.74, 6) is 0.945. The topological polar surface area (TPSA) is 26.3 Å². The Balaban J connectivity index is 2.16. The number of Topliss-reactive ketones (excluding diaryl/α,β-unsaturated/α-hetero) is 1. The predicted octanol–water partition coefficient (Wildman–Crippen LogP) is 4.25. The summed E-state index contributed by atoms with van der Waals surface area (Å²) in [4.78, 5) is 13.2. The summed E-state index contributed by atoms with van der Waals surface area (Å²) < 4.78 is 6.24. The van der Waals surface area contributed by atoms with Gasteiger partial charge in [-0.15, -0.1) is 11.3 Å². The van der Waals surface area contributed by atoms with Crippen molar-refractivity contribution in [3.05, 3.63) is 50.1 Å². The number of hydrogen-bond acceptors (Lipinski definition) is 3. The summed E-state index contributed by atoms with van der Waals surface area (Å²) in [6.07, 6.45) is 0.446. The molecular weight excluding hydrogens is 312 g/mol. The summed E-state index contributed by atoms with van der Waals surface area (Å²) in [6, 6.07) is 9.48. The fraction of sp³-hybridized carbons (Fsp3) is 0.214. The summed E-state index contributed by atoms with van der Waals surface area (Å²) in [7, 11) is 1.63. The van der Waals surface area contributed by atoms with Gasteiger partial charge in [0.15, 0.2) is 5.78 Å². The van der Waals surface area contributed by atoms with E-state index >= 15 is 0 Å². The Labute approximate surface area is 119 Å². The molecule has 4 heteroatoms. The standard InChI is InChI=1S/C14H13BrO2S/c1-9-7-10(3-5-13(9)17-2)12(16)8-11-4-6-14(15)18-11/h3-7H,8H2,1-2H3. The molecule has 0 aliphatic rings. The lowest BCUT2D eigenvalue weighted by molar-refractivity contribution is 0.0993. The second kappa shape index (κ2) is 5.67. The van der Waals surface area contributed by atoms with Gasteiger partial charge in [0.2, 0.25) is 0 Å². The molecule has 0 aliphatic heterocycles. The number of carbonyl (C=O) groups excluding carboxylic acids is 1. The third-order valence-electron chi connectivity index (χ3n) is 2.68. The zero-order valence-electron chi connectivity index (χ0n) is 10.2. The Kier molecular flexibility index (Phi) is 4.19. The molecule has 0 N–H and O–H groups in total. The highest BCUT2D eigenvalue weighted by atomic mass is 79.9. The van der Waals surface area contributed by atoms with E-state index in [-0.39, 0.29) is 5.78 Å². The van der Waals surface area contributed by atoms with Crippen LogP contribution in [-0.2, 0) is 6.42 Å². The van der Waals surface area contributed by atoms with Crippen LogP contribution in [0.3, 0.4) is 0 Å². The normalized spacial score (nSPS) is 10.4. The van der Waals surface area contributed by atoms with Gasteiger partial charge in [-0.3, -0.25) is 4.79 Å². The van der Waals surface area contributed by atoms with Gasteiger partial charge in [-0.05, 0) is 58.7 Å². The van der Waals surface area contributed by atoms with E-state index in [4.69, 9.17) is 4.74 Å². The summed E-state index contributed by atoms with van der Waals surface area (Å²) >= 11 is 4.99. The fourth-order valence-electron chi connectivity index (χ4n) is 1.76. The minimum atomic E-state index is 0.134. The number of ether oxygens (including phenoxy) is 1. The second-order valence-corrected chi connectivity index (χ2v) is 6.54. The maximum Gasteiger partial charge on any atom is 0.168 e. The molecular formula is C14H13BrO2S. The first-order valence-corrected chi connectivity index (χ1v) is 7.13. The molecule has 0 aliphatic carbocycles. The van der Waals surface area contributed by atoms with Gasteiger partial charge in [-0.1, -0.05) is 0 Å². The van der Waals surface area contributed by atoms with Gasteiger partial charge in [0.25, 0.3) is 0 Å². The highest BCUT2D eigenvalue weighted by molar-refractivity contribution is 9.11. The minimum absolute atomic E-state index is 0.134. The van der Waals surface area contributed by atoms with Crippen molar-refractivity contribution in [3.8, 4) is 5.75 Å². The van der Waals surface area contributed by atoms with Crippen molar-refractivity contribution < 1.29 is 9.53 Å². The third-order valence-corrected chi connectivity index (χ3v) is 4.30. The van der Waals surface area contributed by atoms with Gasteiger partial charge in [-0.25, -0.2) is 0 Å². The van der Waals surface area contributed by atoms with Crippen LogP contribution in [0.1, 0.15) is 20.8 Å². The summed E-state index contributed by atoms with van der Waals surface area (Å²) in [5.41, 5.74) is 1.72. The molecule has 0 spiro atoms. The molecule has 0 saturated heterocycles. The van der Waals surface area contributed by atoms with Crippen LogP contribution in [0.4, 0.5) is 0 Å². The van der Waals surface area contributed by atoms with E-state index in [2.05, 4.69) is 15.9 Å². The second-order valence-electron chi connectivity index (χ2n) is 3.99. The number of hydrogen-bond donors (Lipinski definition) is 0. The maximum absolute atomic E-state index is 12.1. The molecule has 1 heterocycles. The number of rotatable bonds is 4. The third kappa shape index (κ3) is 3.00. The Morgan fingerprint density at radius 1 is 1.33 bits per heavy atom. The minimum Gasteiger partial charge on any atom is -0.496 e. The summed E-state index contributed by atoms with van der Waals surface area (Å²) in [5, 5.41) is 0. The quantitative estimate of drug-likeness (QED) is 0.786. The maximum atomic E-state index is 12.1. The molecule has 2 aromatic rings. The molecule has 0 amide bonds. The molecule has 0 bridgehead atoms. The SMILES string of the molecule is COc1ccc(C(=O)Cc2ccc(Br)s2)cc1C. The van der Waals surface area contributed by atoms with Crippen molar-refractivity contribution in [3.63, 3.8) is 0 Å². The Bertz CT molecular complexity index is 575. The highest BCUT2D eigenvalue weighted by Gasteiger charge is 2.10. The van der Waals surface area contributed by atoms with Crippen LogP contribution < -0.4 is 4.74 Å². The number of halogens is 1. The van der Waals surface area contributed by atoms with Crippen LogP contribution in [0.2, 0.25) is 0 Å². The molecule has 0 atom stereocenters. The molecule has 0 saturated carbocycles. The summed E-state index contributed by atoms with van der Waals surface area (Å²) in [6.45, 7) is 1.94. The molecule has 1 aromatic heterocycles. The lowest BCUT2D eigenvalue weighted by atomic mass is 10.0. The zero-order valence-corrected chi connectivity index (χ0v) is 12.6. The first-order chi connectivity index (χ1) is 8.60. The zero-order chi connectivity index (χ0) is 13.1. The van der Waals surface area contributed by atoms with Crippen molar-refractivity contribution in [1.29, 1.82) is 0 Å². The van der Waals surface area contributed by atoms with Crippen LogP contribution in [0.25, 0.3) is 0 Å². The number of aryl methyl sites for hydroxylation is 1. The van der Waals surface area contributed by atoms with Crippen molar-refractivity contribution in [2.75, 3.05) is 7.11 Å². The van der Waals surface area contributed by atoms with Gasteiger partial charge in [-0.2, -0.15) is 0 Å². The van der Waals surface area contributed by atoms with Crippen molar-refractivity contribution in [2.45, 2.75) is 13.3 Å².